The molecule has 0 saturated heterocycles. The van der Waals surface area contributed by atoms with Crippen molar-refractivity contribution in [2.45, 2.75) is 45.4 Å². The van der Waals surface area contributed by atoms with Gasteiger partial charge in [-0.05, 0) is 30.5 Å². The minimum Gasteiger partial charge on any atom is -0.494 e. The molecule has 0 amide bonds. The summed E-state index contributed by atoms with van der Waals surface area (Å²) in [6, 6.07) is 8.04. The summed E-state index contributed by atoms with van der Waals surface area (Å²) >= 11 is 0. The summed E-state index contributed by atoms with van der Waals surface area (Å²) in [4.78, 5) is 10.2. The molecular formula is C15H22O2. The standard InChI is InChI=1S/C15H22O2/c1-2-3-4-5-13-17-15-10-8-14(9-11-15)7-6-12-16/h8-12H,2-7,13H2,1H3. The fraction of sp³-hybridized carbons (Fsp3) is 0.533. The third-order valence-corrected chi connectivity index (χ3v) is 2.74. The first-order valence-corrected chi connectivity index (χ1v) is 6.52. The number of carbonyl (C=O) groups excluding carboxylic acids is 1. The molecule has 0 aromatic heterocycles. The molecule has 1 rings (SSSR count). The van der Waals surface area contributed by atoms with Gasteiger partial charge in [0.25, 0.3) is 0 Å². The van der Waals surface area contributed by atoms with Crippen LogP contribution in [0.25, 0.3) is 0 Å². The van der Waals surface area contributed by atoms with E-state index in [0.717, 1.165) is 31.5 Å². The Kier molecular flexibility index (Phi) is 7.12. The van der Waals surface area contributed by atoms with E-state index in [2.05, 4.69) is 6.92 Å². The molecule has 0 N–H and O–H groups in total. The number of rotatable bonds is 9. The van der Waals surface area contributed by atoms with E-state index in [9.17, 15) is 4.79 Å². The number of aldehydes is 1. The Balaban J connectivity index is 2.23. The Hall–Kier alpha value is -1.31. The number of ether oxygens (including phenoxy) is 1. The van der Waals surface area contributed by atoms with E-state index in [1.807, 2.05) is 24.3 Å². The summed E-state index contributed by atoms with van der Waals surface area (Å²) in [5, 5.41) is 0. The molecule has 94 valence electrons. The molecule has 0 saturated carbocycles. The lowest BCUT2D eigenvalue weighted by Crippen LogP contribution is -1.97. The number of hydrogen-bond acceptors (Lipinski definition) is 2. The summed E-state index contributed by atoms with van der Waals surface area (Å²) in [5.41, 5.74) is 1.19. The fourth-order valence-corrected chi connectivity index (χ4v) is 1.70. The zero-order valence-corrected chi connectivity index (χ0v) is 10.7. The minimum atomic E-state index is 0.594. The molecule has 2 heteroatoms. The van der Waals surface area contributed by atoms with Crippen LogP contribution in [0.3, 0.4) is 0 Å². The van der Waals surface area contributed by atoms with Crippen LogP contribution in [-0.2, 0) is 11.2 Å². The highest BCUT2D eigenvalue weighted by Crippen LogP contribution is 2.13. The van der Waals surface area contributed by atoms with Crippen molar-refractivity contribution in [2.24, 2.45) is 0 Å². The van der Waals surface area contributed by atoms with Crippen LogP contribution in [-0.4, -0.2) is 12.9 Å². The van der Waals surface area contributed by atoms with E-state index in [1.165, 1.54) is 24.8 Å². The summed E-state index contributed by atoms with van der Waals surface area (Å²) in [7, 11) is 0. The molecule has 0 bridgehead atoms. The van der Waals surface area contributed by atoms with Crippen LogP contribution in [0.1, 0.15) is 44.6 Å². The zero-order valence-electron chi connectivity index (χ0n) is 10.7. The van der Waals surface area contributed by atoms with Crippen molar-refractivity contribution in [2.75, 3.05) is 6.61 Å². The van der Waals surface area contributed by atoms with E-state index < -0.39 is 0 Å². The van der Waals surface area contributed by atoms with Crippen LogP contribution < -0.4 is 4.74 Å². The van der Waals surface area contributed by atoms with Crippen LogP contribution in [0.15, 0.2) is 24.3 Å². The van der Waals surface area contributed by atoms with Gasteiger partial charge in [-0.3, -0.25) is 0 Å². The molecule has 0 spiro atoms. The maximum absolute atomic E-state index is 10.2. The van der Waals surface area contributed by atoms with E-state index in [0.29, 0.717) is 6.42 Å². The van der Waals surface area contributed by atoms with Crippen LogP contribution in [0.4, 0.5) is 0 Å². The smallest absolute Gasteiger partial charge is 0.120 e. The van der Waals surface area contributed by atoms with Crippen LogP contribution in [0, 0.1) is 0 Å². The third kappa shape index (κ3) is 6.10. The van der Waals surface area contributed by atoms with Gasteiger partial charge in [0.2, 0.25) is 0 Å². The van der Waals surface area contributed by atoms with Crippen molar-refractivity contribution in [3.63, 3.8) is 0 Å². The maximum atomic E-state index is 10.2. The van der Waals surface area contributed by atoms with Gasteiger partial charge >= 0.3 is 0 Å². The molecule has 0 heterocycles. The predicted molar refractivity (Wildman–Crippen MR) is 70.5 cm³/mol. The van der Waals surface area contributed by atoms with Gasteiger partial charge in [-0.15, -0.1) is 0 Å². The lowest BCUT2D eigenvalue weighted by Gasteiger charge is -2.06. The monoisotopic (exact) mass is 234 g/mol. The van der Waals surface area contributed by atoms with E-state index in [1.54, 1.807) is 0 Å². The Bertz CT molecular complexity index is 303. The summed E-state index contributed by atoms with van der Waals surface area (Å²) in [6.45, 7) is 3.01. The highest BCUT2D eigenvalue weighted by atomic mass is 16.5. The molecule has 1 aromatic carbocycles. The fourth-order valence-electron chi connectivity index (χ4n) is 1.70. The van der Waals surface area contributed by atoms with Crippen molar-refractivity contribution < 1.29 is 9.53 Å². The minimum absolute atomic E-state index is 0.594. The Morgan fingerprint density at radius 1 is 1.12 bits per heavy atom. The Labute approximate surface area is 104 Å². The molecule has 17 heavy (non-hydrogen) atoms. The van der Waals surface area contributed by atoms with Gasteiger partial charge in [-0.2, -0.15) is 0 Å². The summed E-state index contributed by atoms with van der Waals surface area (Å²) in [6.07, 6.45) is 7.28. The molecule has 0 fully saturated rings. The molecule has 0 unspecified atom stereocenters. The second-order valence-corrected chi connectivity index (χ2v) is 4.26. The third-order valence-electron chi connectivity index (χ3n) is 2.74. The molecule has 0 aliphatic heterocycles. The first kappa shape index (κ1) is 13.8. The first-order chi connectivity index (χ1) is 8.36. The average Bonchev–Trinajstić information content (AvgIpc) is 2.37. The van der Waals surface area contributed by atoms with E-state index in [-0.39, 0.29) is 0 Å². The number of unbranched alkanes of at least 4 members (excludes halogenated alkanes) is 3. The van der Waals surface area contributed by atoms with Crippen molar-refractivity contribution in [3.8, 4) is 5.75 Å². The van der Waals surface area contributed by atoms with Crippen LogP contribution >= 0.6 is 0 Å². The van der Waals surface area contributed by atoms with Gasteiger partial charge in [-0.1, -0.05) is 38.3 Å². The van der Waals surface area contributed by atoms with Gasteiger partial charge in [0.05, 0.1) is 6.61 Å². The SMILES string of the molecule is CCCCCCOc1ccc(CCC=O)cc1. The lowest BCUT2D eigenvalue weighted by molar-refractivity contribution is -0.107. The average molecular weight is 234 g/mol. The quantitative estimate of drug-likeness (QED) is 0.480. The topological polar surface area (TPSA) is 26.3 Å². The second kappa shape index (κ2) is 8.80. The van der Waals surface area contributed by atoms with Gasteiger partial charge in [-0.25, -0.2) is 0 Å². The summed E-state index contributed by atoms with van der Waals surface area (Å²) < 4.78 is 5.64. The van der Waals surface area contributed by atoms with Gasteiger partial charge in [0.15, 0.2) is 0 Å². The highest BCUT2D eigenvalue weighted by Gasteiger charge is 1.96. The highest BCUT2D eigenvalue weighted by molar-refractivity contribution is 5.50. The van der Waals surface area contributed by atoms with Gasteiger partial charge in [0, 0.05) is 6.42 Å². The number of aryl methyl sites for hydroxylation is 1. The zero-order chi connectivity index (χ0) is 12.3. The largest absolute Gasteiger partial charge is 0.494 e. The molecule has 0 aliphatic carbocycles. The summed E-state index contributed by atoms with van der Waals surface area (Å²) in [5.74, 6) is 0.927. The number of benzene rings is 1. The lowest BCUT2D eigenvalue weighted by atomic mass is 10.1. The molecule has 0 atom stereocenters. The van der Waals surface area contributed by atoms with Crippen LogP contribution in [0.5, 0.6) is 5.75 Å². The first-order valence-electron chi connectivity index (χ1n) is 6.52. The van der Waals surface area contributed by atoms with Crippen LogP contribution in [0.2, 0.25) is 0 Å². The van der Waals surface area contributed by atoms with Crippen molar-refractivity contribution in [1.29, 1.82) is 0 Å². The molecule has 0 radical (unpaired) electrons. The van der Waals surface area contributed by atoms with E-state index in [4.69, 9.17) is 4.74 Å². The molecular weight excluding hydrogens is 212 g/mol. The van der Waals surface area contributed by atoms with Gasteiger partial charge in [0.1, 0.15) is 12.0 Å². The number of carbonyl (C=O) groups is 1. The molecule has 0 aliphatic rings. The number of hydrogen-bond donors (Lipinski definition) is 0. The Morgan fingerprint density at radius 3 is 2.53 bits per heavy atom. The molecule has 1 aromatic rings. The van der Waals surface area contributed by atoms with E-state index >= 15 is 0 Å². The second-order valence-electron chi connectivity index (χ2n) is 4.26. The molecule has 2 nitrogen and oxygen atoms in total. The normalized spacial score (nSPS) is 10.2. The predicted octanol–water partition coefficient (Wildman–Crippen LogP) is 3.78. The van der Waals surface area contributed by atoms with Crippen molar-refractivity contribution in [3.05, 3.63) is 29.8 Å². The maximum Gasteiger partial charge on any atom is 0.120 e. The van der Waals surface area contributed by atoms with Gasteiger partial charge < -0.3 is 9.53 Å². The van der Waals surface area contributed by atoms with Crippen molar-refractivity contribution >= 4 is 6.29 Å². The van der Waals surface area contributed by atoms with Crippen molar-refractivity contribution in [1.82, 2.24) is 0 Å². The Morgan fingerprint density at radius 2 is 1.88 bits per heavy atom.